The molecular weight excluding hydrogens is 256 g/mol. The first-order valence-electron chi connectivity index (χ1n) is 4.54. The van der Waals surface area contributed by atoms with E-state index in [-0.39, 0.29) is 0 Å². The summed E-state index contributed by atoms with van der Waals surface area (Å²) in [6.45, 7) is 0. The Hall–Kier alpha value is -1.35. The molecule has 0 aromatic heterocycles. The third-order valence-corrected chi connectivity index (χ3v) is 2.98. The maximum Gasteiger partial charge on any atom is 0.336 e. The van der Waals surface area contributed by atoms with Gasteiger partial charge in [-0.3, -0.25) is 0 Å². The minimum atomic E-state index is -0.874. The van der Waals surface area contributed by atoms with Gasteiger partial charge in [0.25, 0.3) is 0 Å². The molecule has 0 aliphatic carbocycles. The van der Waals surface area contributed by atoms with Gasteiger partial charge >= 0.3 is 5.97 Å². The van der Waals surface area contributed by atoms with E-state index in [1.54, 1.807) is 0 Å². The SMILES string of the molecule is O=C(O)c1c(CBr)ccc2ccccc12. The highest BCUT2D eigenvalue weighted by Crippen LogP contribution is 2.24. The van der Waals surface area contributed by atoms with Crippen LogP contribution in [0.4, 0.5) is 0 Å². The fourth-order valence-corrected chi connectivity index (χ4v) is 2.15. The van der Waals surface area contributed by atoms with E-state index >= 15 is 0 Å². The average Bonchev–Trinajstić information content (AvgIpc) is 2.27. The second-order valence-corrected chi connectivity index (χ2v) is 3.82. The van der Waals surface area contributed by atoms with Gasteiger partial charge in [-0.15, -0.1) is 0 Å². The van der Waals surface area contributed by atoms with Crippen LogP contribution in [0.15, 0.2) is 36.4 Å². The van der Waals surface area contributed by atoms with Gasteiger partial charge in [0.05, 0.1) is 5.56 Å². The van der Waals surface area contributed by atoms with Crippen LogP contribution in [-0.4, -0.2) is 11.1 Å². The van der Waals surface area contributed by atoms with Gasteiger partial charge in [-0.05, 0) is 16.3 Å². The van der Waals surface area contributed by atoms with Crippen molar-refractivity contribution in [3.05, 3.63) is 47.5 Å². The second-order valence-electron chi connectivity index (χ2n) is 3.26. The Kier molecular flexibility index (Phi) is 2.73. The van der Waals surface area contributed by atoms with Crippen LogP contribution in [0.2, 0.25) is 0 Å². The molecule has 0 saturated heterocycles. The van der Waals surface area contributed by atoms with Crippen LogP contribution in [0.25, 0.3) is 10.8 Å². The summed E-state index contributed by atoms with van der Waals surface area (Å²) in [7, 11) is 0. The Morgan fingerprint density at radius 1 is 1.20 bits per heavy atom. The number of aromatic carboxylic acids is 1. The van der Waals surface area contributed by atoms with E-state index in [2.05, 4.69) is 15.9 Å². The first kappa shape index (κ1) is 10.2. The van der Waals surface area contributed by atoms with E-state index in [1.807, 2.05) is 36.4 Å². The number of rotatable bonds is 2. The van der Waals surface area contributed by atoms with Crippen molar-refractivity contribution < 1.29 is 9.90 Å². The fourth-order valence-electron chi connectivity index (χ4n) is 1.68. The van der Waals surface area contributed by atoms with Crippen LogP contribution in [0.1, 0.15) is 15.9 Å². The largest absolute Gasteiger partial charge is 0.478 e. The lowest BCUT2D eigenvalue weighted by molar-refractivity contribution is 0.0698. The molecule has 0 spiro atoms. The Morgan fingerprint density at radius 2 is 1.93 bits per heavy atom. The number of halogens is 1. The predicted molar refractivity (Wildman–Crippen MR) is 63.5 cm³/mol. The molecule has 0 bridgehead atoms. The quantitative estimate of drug-likeness (QED) is 0.844. The molecule has 0 aliphatic heterocycles. The molecule has 0 heterocycles. The van der Waals surface area contributed by atoms with Crippen molar-refractivity contribution >= 4 is 32.7 Å². The highest BCUT2D eigenvalue weighted by molar-refractivity contribution is 9.08. The molecular formula is C12H9BrO2. The van der Waals surface area contributed by atoms with Crippen LogP contribution >= 0.6 is 15.9 Å². The van der Waals surface area contributed by atoms with E-state index in [0.717, 1.165) is 16.3 Å². The Balaban J connectivity index is 2.85. The molecule has 15 heavy (non-hydrogen) atoms. The topological polar surface area (TPSA) is 37.3 Å². The zero-order valence-corrected chi connectivity index (χ0v) is 9.49. The van der Waals surface area contributed by atoms with E-state index in [4.69, 9.17) is 0 Å². The van der Waals surface area contributed by atoms with Gasteiger partial charge in [0.2, 0.25) is 0 Å². The number of carboxylic acid groups (broad SMARTS) is 1. The number of carboxylic acids is 1. The maximum atomic E-state index is 11.2. The highest BCUT2D eigenvalue weighted by Gasteiger charge is 2.12. The lowest BCUT2D eigenvalue weighted by Crippen LogP contribution is -2.02. The Labute approximate surface area is 95.7 Å². The number of hydrogen-bond acceptors (Lipinski definition) is 1. The predicted octanol–water partition coefficient (Wildman–Crippen LogP) is 3.43. The summed E-state index contributed by atoms with van der Waals surface area (Å²) in [6.07, 6.45) is 0. The molecule has 0 atom stereocenters. The molecule has 2 nitrogen and oxygen atoms in total. The normalized spacial score (nSPS) is 10.5. The van der Waals surface area contributed by atoms with Gasteiger partial charge < -0.3 is 5.11 Å². The van der Waals surface area contributed by atoms with Crippen molar-refractivity contribution in [3.8, 4) is 0 Å². The molecule has 2 aromatic carbocycles. The molecule has 0 radical (unpaired) electrons. The van der Waals surface area contributed by atoms with E-state index in [9.17, 15) is 9.90 Å². The summed E-state index contributed by atoms with van der Waals surface area (Å²) in [4.78, 5) is 11.2. The molecule has 0 fully saturated rings. The van der Waals surface area contributed by atoms with Gasteiger partial charge in [-0.25, -0.2) is 4.79 Å². The van der Waals surface area contributed by atoms with Gasteiger partial charge in [-0.2, -0.15) is 0 Å². The monoisotopic (exact) mass is 264 g/mol. The van der Waals surface area contributed by atoms with Gasteiger partial charge in [0, 0.05) is 5.33 Å². The molecule has 0 saturated carbocycles. The summed E-state index contributed by atoms with van der Waals surface area (Å²) in [6, 6.07) is 11.3. The lowest BCUT2D eigenvalue weighted by Gasteiger charge is -2.06. The van der Waals surface area contributed by atoms with Gasteiger partial charge in [0.1, 0.15) is 0 Å². The average molecular weight is 265 g/mol. The van der Waals surface area contributed by atoms with Crippen LogP contribution in [0, 0.1) is 0 Å². The molecule has 3 heteroatoms. The Bertz CT molecular complexity index is 520. The summed E-state index contributed by atoms with van der Waals surface area (Å²) in [5.41, 5.74) is 1.20. The van der Waals surface area contributed by atoms with E-state index in [1.165, 1.54) is 0 Å². The molecule has 2 aromatic rings. The minimum absolute atomic E-state index is 0.393. The van der Waals surface area contributed by atoms with Crippen molar-refractivity contribution in [1.82, 2.24) is 0 Å². The van der Waals surface area contributed by atoms with Crippen LogP contribution in [-0.2, 0) is 5.33 Å². The van der Waals surface area contributed by atoms with Crippen molar-refractivity contribution in [1.29, 1.82) is 0 Å². The second kappa shape index (κ2) is 4.03. The smallest absolute Gasteiger partial charge is 0.336 e. The number of benzene rings is 2. The van der Waals surface area contributed by atoms with E-state index < -0.39 is 5.97 Å². The molecule has 1 N–H and O–H groups in total. The lowest BCUT2D eigenvalue weighted by atomic mass is 10.00. The van der Waals surface area contributed by atoms with Crippen LogP contribution in [0.3, 0.4) is 0 Å². The number of alkyl halides is 1. The summed E-state index contributed by atoms with van der Waals surface area (Å²) in [5.74, 6) is -0.874. The minimum Gasteiger partial charge on any atom is -0.478 e. The first-order chi connectivity index (χ1) is 7.24. The summed E-state index contributed by atoms with van der Waals surface area (Å²) >= 11 is 3.30. The van der Waals surface area contributed by atoms with Crippen molar-refractivity contribution in [2.75, 3.05) is 0 Å². The van der Waals surface area contributed by atoms with Gasteiger partial charge in [-0.1, -0.05) is 52.3 Å². The zero-order chi connectivity index (χ0) is 10.8. The van der Waals surface area contributed by atoms with Crippen molar-refractivity contribution in [3.63, 3.8) is 0 Å². The third-order valence-electron chi connectivity index (χ3n) is 2.37. The molecule has 76 valence electrons. The summed E-state index contributed by atoms with van der Waals surface area (Å²) < 4.78 is 0. The maximum absolute atomic E-state index is 11.2. The zero-order valence-electron chi connectivity index (χ0n) is 7.90. The van der Waals surface area contributed by atoms with E-state index in [0.29, 0.717) is 10.9 Å². The van der Waals surface area contributed by atoms with Crippen molar-refractivity contribution in [2.45, 2.75) is 5.33 Å². The van der Waals surface area contributed by atoms with Crippen LogP contribution < -0.4 is 0 Å². The molecule has 0 unspecified atom stereocenters. The molecule has 0 aliphatic rings. The Morgan fingerprint density at radius 3 is 2.60 bits per heavy atom. The third kappa shape index (κ3) is 1.75. The fraction of sp³-hybridized carbons (Fsp3) is 0.0833. The first-order valence-corrected chi connectivity index (χ1v) is 5.66. The van der Waals surface area contributed by atoms with Crippen molar-refractivity contribution in [2.24, 2.45) is 0 Å². The number of hydrogen-bond donors (Lipinski definition) is 1. The standard InChI is InChI=1S/C12H9BrO2/c13-7-9-6-5-8-3-1-2-4-10(8)11(9)12(14)15/h1-6H,7H2,(H,14,15). The highest BCUT2D eigenvalue weighted by atomic mass is 79.9. The molecule has 2 rings (SSSR count). The number of carbonyl (C=O) groups is 1. The molecule has 0 amide bonds. The van der Waals surface area contributed by atoms with Gasteiger partial charge in [0.15, 0.2) is 0 Å². The number of fused-ring (bicyclic) bond motifs is 1. The summed E-state index contributed by atoms with van der Waals surface area (Å²) in [5, 5.41) is 11.5. The van der Waals surface area contributed by atoms with Crippen LogP contribution in [0.5, 0.6) is 0 Å².